The minimum Gasteiger partial charge on any atom is -0.444 e. The number of halogens is 1. The lowest BCUT2D eigenvalue weighted by Gasteiger charge is -2.23. The molecule has 4 aromatic rings. The Morgan fingerprint density at radius 3 is 2.34 bits per heavy atom. The number of fused-ring (bicyclic) bond motifs is 1. The molecule has 0 saturated heterocycles. The third-order valence-corrected chi connectivity index (χ3v) is 7.30. The molecule has 44 heavy (non-hydrogen) atoms. The van der Waals surface area contributed by atoms with Gasteiger partial charge in [0.05, 0.1) is 21.6 Å². The standard InChI is InChI=1S/C31H36ClN7O4S/c1-31(2,3)43-30(42)36-23-10-7-6-9-22(23)34-27(40)25-13-11-20(18-33-25)19-39(16-8-15-38(4)5)29(41)37-28-35-24-14-12-21(32)17-26(24)44-28/h6-7,9-14,17-18H,8,15-16,19H2,1-5H3,(H,34,40)(H,36,42)(H,35,37,41). The number of ether oxygens (including phenoxy) is 1. The number of anilines is 3. The summed E-state index contributed by atoms with van der Waals surface area (Å²) in [5, 5.41) is 9.45. The number of nitrogens with zero attached hydrogens (tertiary/aromatic N) is 4. The lowest BCUT2D eigenvalue weighted by molar-refractivity contribution is 0.0635. The summed E-state index contributed by atoms with van der Waals surface area (Å²) >= 11 is 7.46. The van der Waals surface area contributed by atoms with Gasteiger partial charge in [0.2, 0.25) is 0 Å². The molecule has 232 valence electrons. The Bertz CT molecular complexity index is 1620. The lowest BCUT2D eigenvalue weighted by Crippen LogP contribution is -2.36. The van der Waals surface area contributed by atoms with Gasteiger partial charge >= 0.3 is 12.1 Å². The molecule has 2 heterocycles. The fraction of sp³-hybridized carbons (Fsp3) is 0.323. The highest BCUT2D eigenvalue weighted by atomic mass is 35.5. The van der Waals surface area contributed by atoms with E-state index in [1.807, 2.05) is 26.2 Å². The van der Waals surface area contributed by atoms with E-state index in [-0.39, 0.29) is 18.3 Å². The van der Waals surface area contributed by atoms with E-state index in [9.17, 15) is 14.4 Å². The highest BCUT2D eigenvalue weighted by Gasteiger charge is 2.19. The van der Waals surface area contributed by atoms with Gasteiger partial charge < -0.3 is 19.9 Å². The van der Waals surface area contributed by atoms with Crippen LogP contribution in [-0.4, -0.2) is 70.6 Å². The first-order chi connectivity index (χ1) is 20.9. The van der Waals surface area contributed by atoms with Gasteiger partial charge in [-0.05, 0) is 89.8 Å². The monoisotopic (exact) mass is 637 g/mol. The quantitative estimate of drug-likeness (QED) is 0.172. The highest BCUT2D eigenvalue weighted by molar-refractivity contribution is 7.22. The van der Waals surface area contributed by atoms with Crippen LogP contribution in [0.4, 0.5) is 26.1 Å². The van der Waals surface area contributed by atoms with Crippen LogP contribution in [0.5, 0.6) is 0 Å². The van der Waals surface area contributed by atoms with Crippen molar-refractivity contribution >= 4 is 67.7 Å². The fourth-order valence-electron chi connectivity index (χ4n) is 4.13. The van der Waals surface area contributed by atoms with Crippen molar-refractivity contribution in [2.45, 2.75) is 39.3 Å². The van der Waals surface area contributed by atoms with Crippen LogP contribution in [0, 0.1) is 0 Å². The van der Waals surface area contributed by atoms with Crippen LogP contribution in [0.2, 0.25) is 5.02 Å². The summed E-state index contributed by atoms with van der Waals surface area (Å²) in [6, 6.07) is 15.3. The summed E-state index contributed by atoms with van der Waals surface area (Å²) < 4.78 is 6.20. The average Bonchev–Trinajstić information content (AvgIpc) is 3.34. The average molecular weight is 638 g/mol. The number of aromatic nitrogens is 2. The summed E-state index contributed by atoms with van der Waals surface area (Å²) in [7, 11) is 3.96. The van der Waals surface area contributed by atoms with E-state index in [1.54, 1.807) is 74.3 Å². The van der Waals surface area contributed by atoms with Crippen LogP contribution in [-0.2, 0) is 11.3 Å². The number of hydrogen-bond donors (Lipinski definition) is 3. The van der Waals surface area contributed by atoms with E-state index in [1.165, 1.54) is 11.3 Å². The summed E-state index contributed by atoms with van der Waals surface area (Å²) in [5.74, 6) is -0.452. The third kappa shape index (κ3) is 9.63. The van der Waals surface area contributed by atoms with Gasteiger partial charge in [0, 0.05) is 24.3 Å². The molecule has 0 radical (unpaired) electrons. The second kappa shape index (κ2) is 14.5. The number of para-hydroxylation sites is 2. The molecule has 2 aromatic heterocycles. The Morgan fingerprint density at radius 2 is 1.68 bits per heavy atom. The first-order valence-electron chi connectivity index (χ1n) is 14.0. The van der Waals surface area contributed by atoms with E-state index < -0.39 is 17.6 Å². The number of rotatable bonds is 10. The molecule has 0 unspecified atom stereocenters. The predicted molar refractivity (Wildman–Crippen MR) is 176 cm³/mol. The molecule has 11 nitrogen and oxygen atoms in total. The number of thiazole rings is 1. The fourth-order valence-corrected chi connectivity index (χ4v) is 5.26. The van der Waals surface area contributed by atoms with Gasteiger partial charge in [-0.1, -0.05) is 41.1 Å². The van der Waals surface area contributed by atoms with Crippen molar-refractivity contribution in [1.29, 1.82) is 0 Å². The maximum Gasteiger partial charge on any atom is 0.412 e. The van der Waals surface area contributed by atoms with Crippen molar-refractivity contribution < 1.29 is 19.1 Å². The van der Waals surface area contributed by atoms with Crippen LogP contribution >= 0.6 is 22.9 Å². The maximum absolute atomic E-state index is 13.3. The molecular weight excluding hydrogens is 602 g/mol. The Labute approximate surface area is 265 Å². The van der Waals surface area contributed by atoms with Gasteiger partial charge in [-0.15, -0.1) is 0 Å². The van der Waals surface area contributed by atoms with Crippen molar-refractivity contribution in [2.24, 2.45) is 0 Å². The smallest absolute Gasteiger partial charge is 0.412 e. The van der Waals surface area contributed by atoms with E-state index in [4.69, 9.17) is 16.3 Å². The van der Waals surface area contributed by atoms with Gasteiger partial charge in [0.25, 0.3) is 5.91 Å². The Morgan fingerprint density at radius 1 is 0.955 bits per heavy atom. The van der Waals surface area contributed by atoms with Gasteiger partial charge in [-0.25, -0.2) is 14.6 Å². The van der Waals surface area contributed by atoms with Gasteiger partial charge in [0.1, 0.15) is 11.3 Å². The second-order valence-corrected chi connectivity index (χ2v) is 12.8. The van der Waals surface area contributed by atoms with Crippen LogP contribution in [0.1, 0.15) is 43.2 Å². The lowest BCUT2D eigenvalue weighted by atomic mass is 10.2. The number of benzene rings is 2. The number of carbonyl (C=O) groups is 3. The van der Waals surface area contributed by atoms with Crippen molar-refractivity contribution in [3.8, 4) is 0 Å². The molecule has 0 fully saturated rings. The zero-order valence-corrected chi connectivity index (χ0v) is 26.9. The van der Waals surface area contributed by atoms with Gasteiger partial charge in [-0.2, -0.15) is 0 Å². The van der Waals surface area contributed by atoms with Crippen LogP contribution in [0.25, 0.3) is 10.2 Å². The number of nitrogens with one attached hydrogen (secondary N) is 3. The van der Waals surface area contributed by atoms with Crippen LogP contribution in [0.3, 0.4) is 0 Å². The van der Waals surface area contributed by atoms with Crippen LogP contribution in [0.15, 0.2) is 60.8 Å². The molecule has 0 spiro atoms. The largest absolute Gasteiger partial charge is 0.444 e. The van der Waals surface area contributed by atoms with E-state index in [0.717, 1.165) is 28.7 Å². The van der Waals surface area contributed by atoms with Crippen molar-refractivity contribution in [1.82, 2.24) is 19.8 Å². The van der Waals surface area contributed by atoms with Crippen molar-refractivity contribution in [3.05, 3.63) is 77.1 Å². The molecule has 0 aliphatic rings. The molecule has 13 heteroatoms. The number of pyridine rings is 1. The Kier molecular flexibility index (Phi) is 10.7. The zero-order valence-electron chi connectivity index (χ0n) is 25.3. The zero-order chi connectivity index (χ0) is 31.9. The van der Waals surface area contributed by atoms with Crippen molar-refractivity contribution in [3.63, 3.8) is 0 Å². The third-order valence-electron chi connectivity index (χ3n) is 6.13. The summed E-state index contributed by atoms with van der Waals surface area (Å²) in [5.41, 5.74) is 1.82. The molecule has 3 N–H and O–H groups in total. The first-order valence-corrected chi connectivity index (χ1v) is 15.2. The molecule has 0 aliphatic heterocycles. The Hall–Kier alpha value is -4.26. The topological polar surface area (TPSA) is 129 Å². The maximum atomic E-state index is 13.3. The molecule has 4 amide bonds. The highest BCUT2D eigenvalue weighted by Crippen LogP contribution is 2.28. The van der Waals surface area contributed by atoms with Gasteiger partial charge in [-0.3, -0.25) is 20.4 Å². The van der Waals surface area contributed by atoms with E-state index >= 15 is 0 Å². The molecule has 0 saturated carbocycles. The van der Waals surface area contributed by atoms with E-state index in [2.05, 4.69) is 30.8 Å². The molecule has 2 aromatic carbocycles. The number of carbonyl (C=O) groups excluding carboxylic acids is 3. The summed E-state index contributed by atoms with van der Waals surface area (Å²) in [6.45, 7) is 6.90. The molecule has 0 aliphatic carbocycles. The predicted octanol–water partition coefficient (Wildman–Crippen LogP) is 6.93. The SMILES string of the molecule is CN(C)CCCN(Cc1ccc(C(=O)Nc2ccccc2NC(=O)OC(C)(C)C)nc1)C(=O)Nc1nc2ccc(Cl)cc2s1. The molecule has 0 atom stereocenters. The first kappa shape index (κ1) is 32.6. The molecule has 0 bridgehead atoms. The second-order valence-electron chi connectivity index (χ2n) is 11.3. The minimum absolute atomic E-state index is 0.178. The normalized spacial score (nSPS) is 11.3. The van der Waals surface area contributed by atoms with E-state index in [0.29, 0.717) is 28.1 Å². The minimum atomic E-state index is -0.666. The Balaban J connectivity index is 1.42. The van der Waals surface area contributed by atoms with Crippen LogP contribution < -0.4 is 16.0 Å². The van der Waals surface area contributed by atoms with Gasteiger partial charge in [0.15, 0.2) is 5.13 Å². The summed E-state index contributed by atoms with van der Waals surface area (Å²) in [4.78, 5) is 51.2. The molecular formula is C31H36ClN7O4S. The molecule has 4 rings (SSSR count). The van der Waals surface area contributed by atoms with Crippen molar-refractivity contribution in [2.75, 3.05) is 43.1 Å². The number of amides is 4. The number of hydrogen-bond acceptors (Lipinski definition) is 8. The summed E-state index contributed by atoms with van der Waals surface area (Å²) in [6.07, 6.45) is 1.71. The number of urea groups is 1.